The first-order valence-corrected chi connectivity index (χ1v) is 59.2. The van der Waals surface area contributed by atoms with Crippen LogP contribution in [0.25, 0.3) is 44.5 Å². The molecule has 0 aliphatic carbocycles. The summed E-state index contributed by atoms with van der Waals surface area (Å²) in [5, 5.41) is 12.6. The number of hydrogen-bond acceptors (Lipinski definition) is 6. The minimum absolute atomic E-state index is 0. The van der Waals surface area contributed by atoms with E-state index in [1.54, 1.807) is 0 Å². The Labute approximate surface area is 860 Å². The van der Waals surface area contributed by atoms with Gasteiger partial charge in [0.2, 0.25) is 0 Å². The summed E-state index contributed by atoms with van der Waals surface area (Å²) < 4.78 is 28.5. The number of rotatable bonds is 31. The van der Waals surface area contributed by atoms with Crippen LogP contribution in [-0.4, -0.2) is 38.1 Å². The first kappa shape index (κ1) is 111. The SMILES string of the molecule is C.C.CCCOc1ccc(/C(=C(/Cl)c2ccccc2)c2ccccc2)cc1.CCCOc1ccc(/C(=C(\Cl)c2ccccc2)c2ccccc2)cc1.CCCOc1ccc(/C(=C/c2ccccc2)c2ccccc2)cc1.CCCOc1ccc(/C(=C\c2ccccc2)c2ccccc2)cc1.CCCOc1ccc(C(c2ccccc2)C(O)c2ccccc2)cc1.I.II.[I][V][I]. The number of hydrogen-bond donors (Lipinski definition) is 1. The van der Waals surface area contributed by atoms with Crippen LogP contribution in [0.4, 0.5) is 0 Å². The molecule has 0 saturated heterocycles. The maximum absolute atomic E-state index is 11.1. The maximum atomic E-state index is 11.1. The molecule has 0 aliphatic heterocycles. The van der Waals surface area contributed by atoms with Crippen LogP contribution in [0.1, 0.15) is 177 Å². The van der Waals surface area contributed by atoms with Crippen LogP contribution >= 0.6 is 124 Å². The van der Waals surface area contributed by atoms with Gasteiger partial charge in [0.15, 0.2) is 0 Å². The molecular weight excluding hydrogens is 2260 g/mol. The average Bonchev–Trinajstić information content (AvgIpc) is 0.788. The van der Waals surface area contributed by atoms with E-state index in [0.29, 0.717) is 16.1 Å². The van der Waals surface area contributed by atoms with Crippen molar-refractivity contribution >= 4 is 169 Å². The van der Waals surface area contributed by atoms with Crippen LogP contribution in [0, 0.1) is 0 Å². The zero-order chi connectivity index (χ0) is 90.4. The normalized spacial score (nSPS) is 11.3. The van der Waals surface area contributed by atoms with E-state index in [4.69, 9.17) is 46.9 Å². The molecule has 677 valence electrons. The van der Waals surface area contributed by atoms with Crippen molar-refractivity contribution in [1.82, 2.24) is 0 Å². The first-order chi connectivity index (χ1) is 63.0. The molecule has 15 aromatic rings. The van der Waals surface area contributed by atoms with Gasteiger partial charge in [0.05, 0.1) is 49.2 Å². The van der Waals surface area contributed by atoms with E-state index < -0.39 is 6.10 Å². The van der Waals surface area contributed by atoms with E-state index in [1.807, 2.05) is 231 Å². The zero-order valence-electron chi connectivity index (χ0n) is 73.4. The molecule has 0 radical (unpaired) electrons. The van der Waals surface area contributed by atoms with Crippen molar-refractivity contribution in [3.8, 4) is 28.7 Å². The van der Waals surface area contributed by atoms with E-state index in [2.05, 4.69) is 318 Å². The van der Waals surface area contributed by atoms with Crippen molar-refractivity contribution in [1.29, 1.82) is 0 Å². The topological polar surface area (TPSA) is 66.4 Å². The molecule has 0 amide bonds. The summed E-state index contributed by atoms with van der Waals surface area (Å²) in [5.74, 6) is 4.36. The predicted molar refractivity (Wildman–Crippen MR) is 605 cm³/mol. The average molecular weight is 2380 g/mol. The molecule has 6 nitrogen and oxygen atoms in total. The number of aliphatic hydroxyl groups excluding tert-OH is 1. The summed E-state index contributed by atoms with van der Waals surface area (Å²) in [7, 11) is 0.628. The molecule has 2 atom stereocenters. The van der Waals surface area contributed by atoms with Crippen LogP contribution < -0.4 is 23.7 Å². The Morgan fingerprint density at radius 3 is 0.702 bits per heavy atom. The third-order valence-corrected chi connectivity index (χ3v) is 20.7. The van der Waals surface area contributed by atoms with Gasteiger partial charge in [0, 0.05) is 54.3 Å². The van der Waals surface area contributed by atoms with Crippen molar-refractivity contribution in [3.05, 3.63) is 508 Å². The Bertz CT molecular complexity index is 5360. The second-order valence-electron chi connectivity index (χ2n) is 29.2. The first-order valence-electron chi connectivity index (χ1n) is 43.2. The fourth-order valence-electron chi connectivity index (χ4n) is 13.7. The molecule has 14 heteroatoms. The van der Waals surface area contributed by atoms with Crippen molar-refractivity contribution < 1.29 is 38.3 Å². The summed E-state index contributed by atoms with van der Waals surface area (Å²) in [6.45, 7) is 14.2. The predicted octanol–water partition coefficient (Wildman–Crippen LogP) is 36.2. The quantitative estimate of drug-likeness (QED) is 0.0345. The van der Waals surface area contributed by atoms with E-state index in [0.717, 1.165) is 159 Å². The van der Waals surface area contributed by atoms with Crippen LogP contribution in [-0.2, 0) is 9.47 Å². The summed E-state index contributed by atoms with van der Waals surface area (Å²) in [5.41, 5.74) is 21.1. The molecule has 0 aliphatic rings. The van der Waals surface area contributed by atoms with E-state index in [-0.39, 0.29) is 44.7 Å². The Balaban J connectivity index is 0.000000247. The molecule has 1 N–H and O–H groups in total. The van der Waals surface area contributed by atoms with Gasteiger partial charge in [-0.3, -0.25) is 0 Å². The summed E-state index contributed by atoms with van der Waals surface area (Å²) in [6, 6.07) is 144. The van der Waals surface area contributed by atoms with Crippen LogP contribution in [0.2, 0.25) is 0 Å². The molecule has 2 unspecified atom stereocenters. The Morgan fingerprint density at radius 1 is 0.267 bits per heavy atom. The van der Waals surface area contributed by atoms with Gasteiger partial charge >= 0.3 is 49.4 Å². The molecule has 131 heavy (non-hydrogen) atoms. The van der Waals surface area contributed by atoms with Gasteiger partial charge in [-0.25, -0.2) is 0 Å². The van der Waals surface area contributed by atoms with Gasteiger partial charge in [-0.15, -0.1) is 24.0 Å². The second kappa shape index (κ2) is 65.6. The van der Waals surface area contributed by atoms with Gasteiger partial charge in [-0.2, -0.15) is 0 Å². The molecule has 0 spiro atoms. The fourth-order valence-corrected chi connectivity index (χ4v) is 14.4. The van der Waals surface area contributed by atoms with Gasteiger partial charge in [-0.05, 0) is 200 Å². The van der Waals surface area contributed by atoms with Crippen LogP contribution in [0.15, 0.2) is 425 Å². The monoisotopic (exact) mass is 2380 g/mol. The summed E-state index contributed by atoms with van der Waals surface area (Å²) >= 11 is 22.6. The number of benzene rings is 15. The molecule has 15 aromatic carbocycles. The van der Waals surface area contributed by atoms with E-state index >= 15 is 0 Å². The van der Waals surface area contributed by atoms with Crippen molar-refractivity contribution in [2.45, 2.75) is 93.6 Å². The molecule has 0 heterocycles. The van der Waals surface area contributed by atoms with Crippen molar-refractivity contribution in [2.75, 3.05) is 33.0 Å². The number of aliphatic hydroxyl groups is 1. The molecule has 15 rings (SSSR count). The second-order valence-corrected chi connectivity index (χ2v) is 41.8. The van der Waals surface area contributed by atoms with E-state index in [9.17, 15) is 5.11 Å². The van der Waals surface area contributed by atoms with Crippen molar-refractivity contribution in [2.24, 2.45) is 0 Å². The van der Waals surface area contributed by atoms with Crippen molar-refractivity contribution in [3.63, 3.8) is 0 Å². The van der Waals surface area contributed by atoms with Gasteiger partial charge in [0.1, 0.15) is 28.7 Å². The van der Waals surface area contributed by atoms with E-state index in [1.165, 1.54) is 44.5 Å². The minimum atomic E-state index is -0.606. The summed E-state index contributed by atoms with van der Waals surface area (Å²) in [6.07, 6.45) is 8.88. The summed E-state index contributed by atoms with van der Waals surface area (Å²) in [4.78, 5) is 0. The zero-order valence-corrected chi connectivity index (χ0v) is 87.3. The Morgan fingerprint density at radius 2 is 0.450 bits per heavy atom. The molecule has 0 aromatic heterocycles. The third kappa shape index (κ3) is 37.8. The fraction of sp³-hybridized carbons (Fsp3) is 0.162. The standard InChI is InChI=1S/2C23H21ClO.C23H24O2.2C23H22O.2CH4.I2.3HI.V/c3*1-2-17-25-21-15-13-19(14-16-21)22(18-9-5-3-6-10-18)23(24)20-11-7-4-8-12-20;2*1-2-17-24-22-15-13-21(14-16-22)23(20-11-7-4-8-12-20)18-19-9-5-3-6-10-19;;;1-2;;;;/h2*3-16H,2,17H2,1H3;3-16,22-24H,2,17H2,1H3;2*3-16,18H,2,17H2,1H3;2*1H4;;3*1H;/q;;;;;;;;;;;+2/p-2/b23-22+;23-22-;;23-18+;23-18-;;;;;;;. The third-order valence-electron chi connectivity index (χ3n) is 19.8. The van der Waals surface area contributed by atoms with Gasteiger partial charge in [0.25, 0.3) is 0 Å². The van der Waals surface area contributed by atoms with Crippen LogP contribution in [0.5, 0.6) is 28.7 Å². The molecule has 0 saturated carbocycles. The number of halogens is 7. The van der Waals surface area contributed by atoms with Crippen LogP contribution in [0.3, 0.4) is 0 Å². The Hall–Kier alpha value is -8.97. The molecule has 0 bridgehead atoms. The Kier molecular flexibility index (Phi) is 55.5. The molecule has 0 fully saturated rings. The number of ether oxygens (including phenoxy) is 5. The molecular formula is C117H119Cl2I5O6V. The van der Waals surface area contributed by atoms with Gasteiger partial charge in [-0.1, -0.05) is 437 Å². The van der Waals surface area contributed by atoms with Gasteiger partial charge < -0.3 is 28.8 Å².